The Balaban J connectivity index is 1.49. The largest absolute Gasteiger partial charge is 0.444 e. The molecule has 2 aliphatic rings. The first-order valence-corrected chi connectivity index (χ1v) is 11.8. The van der Waals surface area contributed by atoms with Crippen molar-refractivity contribution in [3.63, 3.8) is 0 Å². The van der Waals surface area contributed by atoms with Gasteiger partial charge in [0.25, 0.3) is 0 Å². The van der Waals surface area contributed by atoms with Gasteiger partial charge >= 0.3 is 6.09 Å². The third-order valence-electron chi connectivity index (χ3n) is 5.98. The number of piperidine rings is 1. The van der Waals surface area contributed by atoms with E-state index in [9.17, 15) is 9.59 Å². The van der Waals surface area contributed by atoms with Crippen LogP contribution in [0, 0.1) is 5.92 Å². The standard InChI is InChI=1S/C25H39N3O4/c1-18-15-27(16-19(2)31-18)17-22-9-7-6-8-21(22)14-26-23(29)20-10-12-28(13-11-20)24(30)32-25(3,4)5/h6-9,18-20H,10-17H2,1-5H3,(H,26,29). The van der Waals surface area contributed by atoms with Crippen molar-refractivity contribution in [1.82, 2.24) is 15.1 Å². The zero-order valence-corrected chi connectivity index (χ0v) is 20.2. The van der Waals surface area contributed by atoms with Crippen molar-refractivity contribution >= 4 is 12.0 Å². The Kier molecular flexibility index (Phi) is 8.17. The number of morpholine rings is 1. The molecule has 0 bridgehead atoms. The molecule has 2 amide bonds. The molecule has 2 fully saturated rings. The Morgan fingerprint density at radius 2 is 1.66 bits per heavy atom. The lowest BCUT2D eigenvalue weighted by Crippen LogP contribution is -2.45. The van der Waals surface area contributed by atoms with Crippen LogP contribution in [0.4, 0.5) is 4.79 Å². The minimum Gasteiger partial charge on any atom is -0.444 e. The van der Waals surface area contributed by atoms with Crippen molar-refractivity contribution in [3.8, 4) is 0 Å². The van der Waals surface area contributed by atoms with E-state index in [-0.39, 0.29) is 30.1 Å². The molecule has 0 radical (unpaired) electrons. The molecule has 0 aromatic heterocycles. The molecule has 0 saturated carbocycles. The summed E-state index contributed by atoms with van der Waals surface area (Å²) >= 11 is 0. The Morgan fingerprint density at radius 1 is 1.06 bits per heavy atom. The second-order valence-corrected chi connectivity index (χ2v) is 10.2. The highest BCUT2D eigenvalue weighted by atomic mass is 16.6. The quantitative estimate of drug-likeness (QED) is 0.750. The van der Waals surface area contributed by atoms with Crippen molar-refractivity contribution in [2.24, 2.45) is 5.92 Å². The van der Waals surface area contributed by atoms with Crippen molar-refractivity contribution in [1.29, 1.82) is 0 Å². The fraction of sp³-hybridized carbons (Fsp3) is 0.680. The average Bonchev–Trinajstić information content (AvgIpc) is 2.71. The van der Waals surface area contributed by atoms with E-state index in [1.54, 1.807) is 4.90 Å². The normalized spacial score (nSPS) is 23.1. The van der Waals surface area contributed by atoms with E-state index in [2.05, 4.69) is 42.3 Å². The number of amides is 2. The molecule has 0 aliphatic carbocycles. The molecule has 0 spiro atoms. The van der Waals surface area contributed by atoms with E-state index < -0.39 is 5.60 Å². The number of carbonyl (C=O) groups is 2. The number of likely N-dealkylation sites (tertiary alicyclic amines) is 1. The predicted octanol–water partition coefficient (Wildman–Crippen LogP) is 3.56. The molecule has 1 aromatic rings. The van der Waals surface area contributed by atoms with Gasteiger partial charge in [-0.15, -0.1) is 0 Å². The second-order valence-electron chi connectivity index (χ2n) is 10.2. The fourth-order valence-electron chi connectivity index (χ4n) is 4.52. The van der Waals surface area contributed by atoms with Crippen molar-refractivity contribution in [2.75, 3.05) is 26.2 Å². The summed E-state index contributed by atoms with van der Waals surface area (Å²) in [5.41, 5.74) is 1.89. The second kappa shape index (κ2) is 10.7. The number of hydrogen-bond donors (Lipinski definition) is 1. The lowest BCUT2D eigenvalue weighted by atomic mass is 9.96. The maximum atomic E-state index is 12.8. The summed E-state index contributed by atoms with van der Waals surface area (Å²) in [4.78, 5) is 29.2. The van der Waals surface area contributed by atoms with Gasteiger partial charge in [-0.2, -0.15) is 0 Å². The van der Waals surface area contributed by atoms with Gasteiger partial charge in [0.15, 0.2) is 0 Å². The van der Waals surface area contributed by atoms with E-state index in [4.69, 9.17) is 9.47 Å². The third kappa shape index (κ3) is 7.20. The summed E-state index contributed by atoms with van der Waals surface area (Å²) in [7, 11) is 0. The van der Waals surface area contributed by atoms with Crippen LogP contribution in [-0.4, -0.2) is 65.8 Å². The van der Waals surface area contributed by atoms with Gasteiger partial charge in [-0.3, -0.25) is 9.69 Å². The number of benzene rings is 1. The molecule has 178 valence electrons. The van der Waals surface area contributed by atoms with Crippen LogP contribution in [0.1, 0.15) is 58.6 Å². The predicted molar refractivity (Wildman–Crippen MR) is 124 cm³/mol. The smallest absolute Gasteiger partial charge is 0.410 e. The topological polar surface area (TPSA) is 71.1 Å². The average molecular weight is 446 g/mol. The molecule has 1 aromatic carbocycles. The Hall–Kier alpha value is -2.12. The first kappa shape index (κ1) is 24.5. The Labute approximate surface area is 192 Å². The molecule has 32 heavy (non-hydrogen) atoms. The van der Waals surface area contributed by atoms with Crippen LogP contribution in [0.2, 0.25) is 0 Å². The molecule has 7 nitrogen and oxygen atoms in total. The summed E-state index contributed by atoms with van der Waals surface area (Å²) in [5.74, 6) is -0.000879. The van der Waals surface area contributed by atoms with Gasteiger partial charge in [-0.25, -0.2) is 4.79 Å². The van der Waals surface area contributed by atoms with E-state index in [1.165, 1.54) is 5.56 Å². The fourth-order valence-corrected chi connectivity index (χ4v) is 4.52. The van der Waals surface area contributed by atoms with E-state index in [0.717, 1.165) is 25.2 Å². The zero-order chi connectivity index (χ0) is 23.3. The van der Waals surface area contributed by atoms with E-state index >= 15 is 0 Å². The summed E-state index contributed by atoms with van der Waals surface area (Å²) in [6, 6.07) is 8.31. The maximum Gasteiger partial charge on any atom is 0.410 e. The van der Waals surface area contributed by atoms with Crippen LogP contribution < -0.4 is 5.32 Å². The minimum atomic E-state index is -0.504. The first-order chi connectivity index (χ1) is 15.1. The van der Waals surface area contributed by atoms with Crippen LogP contribution in [-0.2, 0) is 27.4 Å². The van der Waals surface area contributed by atoms with E-state index in [1.807, 2.05) is 26.8 Å². The summed E-state index contributed by atoms with van der Waals surface area (Å²) in [6.07, 6.45) is 1.50. The van der Waals surface area contributed by atoms with Gasteiger partial charge in [-0.1, -0.05) is 24.3 Å². The van der Waals surface area contributed by atoms with Gasteiger partial charge in [0.05, 0.1) is 12.2 Å². The Morgan fingerprint density at radius 3 is 2.25 bits per heavy atom. The lowest BCUT2D eigenvalue weighted by Gasteiger charge is -2.35. The van der Waals surface area contributed by atoms with Crippen molar-refractivity contribution in [2.45, 2.75) is 78.4 Å². The third-order valence-corrected chi connectivity index (χ3v) is 5.98. The first-order valence-electron chi connectivity index (χ1n) is 11.8. The molecule has 3 rings (SSSR count). The molecular formula is C25H39N3O4. The zero-order valence-electron chi connectivity index (χ0n) is 20.2. The monoisotopic (exact) mass is 445 g/mol. The number of carbonyl (C=O) groups excluding carboxylic acids is 2. The van der Waals surface area contributed by atoms with Crippen molar-refractivity contribution < 1.29 is 19.1 Å². The van der Waals surface area contributed by atoms with Gasteiger partial charge in [0, 0.05) is 45.2 Å². The SMILES string of the molecule is CC1CN(Cc2ccccc2CNC(=O)C2CCN(C(=O)OC(C)(C)C)CC2)CC(C)O1. The molecule has 1 N–H and O–H groups in total. The van der Waals surface area contributed by atoms with Crippen LogP contribution in [0.3, 0.4) is 0 Å². The molecule has 2 heterocycles. The van der Waals surface area contributed by atoms with Crippen LogP contribution in [0.25, 0.3) is 0 Å². The van der Waals surface area contributed by atoms with Gasteiger partial charge in [-0.05, 0) is 58.6 Å². The van der Waals surface area contributed by atoms with E-state index in [0.29, 0.717) is 32.5 Å². The summed E-state index contributed by atoms with van der Waals surface area (Å²) < 4.78 is 11.3. The van der Waals surface area contributed by atoms with Gasteiger partial charge in [0.1, 0.15) is 5.60 Å². The minimum absolute atomic E-state index is 0.0669. The van der Waals surface area contributed by atoms with Crippen molar-refractivity contribution in [3.05, 3.63) is 35.4 Å². The molecule has 7 heteroatoms. The van der Waals surface area contributed by atoms with Gasteiger partial charge < -0.3 is 19.7 Å². The lowest BCUT2D eigenvalue weighted by molar-refractivity contribution is -0.126. The van der Waals surface area contributed by atoms with Crippen LogP contribution in [0.15, 0.2) is 24.3 Å². The number of hydrogen-bond acceptors (Lipinski definition) is 5. The molecule has 2 atom stereocenters. The molecule has 2 unspecified atom stereocenters. The van der Waals surface area contributed by atoms with Crippen LogP contribution in [0.5, 0.6) is 0 Å². The molecule has 2 saturated heterocycles. The number of ether oxygens (including phenoxy) is 2. The number of nitrogens with zero attached hydrogens (tertiary/aromatic N) is 2. The number of nitrogens with one attached hydrogen (secondary N) is 1. The summed E-state index contributed by atoms with van der Waals surface area (Å²) in [5, 5.41) is 3.13. The highest BCUT2D eigenvalue weighted by Crippen LogP contribution is 2.21. The maximum absolute atomic E-state index is 12.8. The number of rotatable bonds is 5. The molecule has 2 aliphatic heterocycles. The molecular weight excluding hydrogens is 406 g/mol. The highest BCUT2D eigenvalue weighted by molar-refractivity contribution is 5.79. The highest BCUT2D eigenvalue weighted by Gasteiger charge is 2.30. The van der Waals surface area contributed by atoms with Crippen LogP contribution >= 0.6 is 0 Å². The Bertz CT molecular complexity index is 774. The van der Waals surface area contributed by atoms with Gasteiger partial charge in [0.2, 0.25) is 5.91 Å². The summed E-state index contributed by atoms with van der Waals surface area (Å²) in [6.45, 7) is 14.1.